The van der Waals surface area contributed by atoms with Crippen molar-refractivity contribution in [1.82, 2.24) is 9.62 Å². The van der Waals surface area contributed by atoms with Gasteiger partial charge >= 0.3 is 0 Å². The molecule has 2 aromatic rings. The number of thioether (sulfide) groups is 1. The smallest absolute Gasteiger partial charge is 0.243 e. The minimum Gasteiger partial charge on any atom is -0.379 e. The number of benzene rings is 2. The number of rotatable bonds is 11. The van der Waals surface area contributed by atoms with Crippen molar-refractivity contribution in [3.8, 4) is 0 Å². The number of hydrogen-bond acceptors (Lipinski definition) is 7. The molecule has 1 N–H and O–H groups in total. The first-order chi connectivity index (χ1) is 17.0. The quantitative estimate of drug-likeness (QED) is 0.397. The molecule has 0 bridgehead atoms. The highest BCUT2D eigenvalue weighted by atomic mass is 35.5. The Morgan fingerprint density at radius 2 is 1.72 bits per heavy atom. The lowest BCUT2D eigenvalue weighted by Crippen LogP contribution is -2.41. The van der Waals surface area contributed by atoms with Gasteiger partial charge in [0.05, 0.1) is 40.1 Å². The first-order valence-corrected chi connectivity index (χ1v) is 16.1. The Morgan fingerprint density at radius 1 is 1.06 bits per heavy atom. The number of nitrogens with zero attached hydrogens (tertiary/aromatic N) is 2. The largest absolute Gasteiger partial charge is 0.379 e. The standard InChI is InChI=1S/C22H27Cl2N3O6S3/c1-35(29,30)27(15-22(28)25-8-13-34-16-17-2-7-20(23)21(24)14-17)18-3-5-19(6-4-18)36(31,32)26-9-11-33-12-10-26/h2-7,14H,8-13,15-16H2,1H3,(H,25,28). The molecule has 0 radical (unpaired) electrons. The van der Waals surface area contributed by atoms with E-state index >= 15 is 0 Å². The van der Waals surface area contributed by atoms with Crippen molar-refractivity contribution < 1.29 is 26.4 Å². The summed E-state index contributed by atoms with van der Waals surface area (Å²) in [5, 5.41) is 3.68. The average molecular weight is 597 g/mol. The van der Waals surface area contributed by atoms with E-state index in [1.165, 1.54) is 28.6 Å². The van der Waals surface area contributed by atoms with E-state index in [1.807, 2.05) is 6.07 Å². The molecule has 1 heterocycles. The van der Waals surface area contributed by atoms with Crippen molar-refractivity contribution >= 4 is 66.6 Å². The number of sulfonamides is 2. The lowest BCUT2D eigenvalue weighted by molar-refractivity contribution is -0.119. The third kappa shape index (κ3) is 7.98. The molecule has 3 rings (SSSR count). The van der Waals surface area contributed by atoms with Gasteiger partial charge in [-0.3, -0.25) is 9.10 Å². The van der Waals surface area contributed by atoms with E-state index < -0.39 is 32.5 Å². The first-order valence-electron chi connectivity index (χ1n) is 10.9. The molecule has 0 aromatic heterocycles. The second kappa shape index (κ2) is 12.8. The number of nitrogens with one attached hydrogen (secondary N) is 1. The van der Waals surface area contributed by atoms with Crippen molar-refractivity contribution in [2.75, 3.05) is 55.7 Å². The second-order valence-corrected chi connectivity index (χ2v) is 13.7. The molecule has 9 nitrogen and oxygen atoms in total. The molecular formula is C22H27Cl2N3O6S3. The van der Waals surface area contributed by atoms with Crippen LogP contribution in [0.5, 0.6) is 0 Å². The highest BCUT2D eigenvalue weighted by Gasteiger charge is 2.27. The minimum atomic E-state index is -3.79. The second-order valence-electron chi connectivity index (χ2n) is 7.93. The third-order valence-corrected chi connectivity index (χ3v) is 10.1. The molecule has 1 aliphatic rings. The Kier molecular flexibility index (Phi) is 10.3. The Morgan fingerprint density at radius 3 is 2.33 bits per heavy atom. The molecule has 0 aliphatic carbocycles. The molecule has 14 heteroatoms. The molecule has 1 saturated heterocycles. The maximum Gasteiger partial charge on any atom is 0.243 e. The molecule has 0 atom stereocenters. The summed E-state index contributed by atoms with van der Waals surface area (Å²) in [6.07, 6.45) is 0.992. The summed E-state index contributed by atoms with van der Waals surface area (Å²) in [5.74, 6) is 0.821. The van der Waals surface area contributed by atoms with Gasteiger partial charge < -0.3 is 10.1 Å². The van der Waals surface area contributed by atoms with Gasteiger partial charge in [-0.1, -0.05) is 29.3 Å². The van der Waals surface area contributed by atoms with Crippen LogP contribution in [0.15, 0.2) is 47.4 Å². The molecule has 0 unspecified atom stereocenters. The zero-order valence-corrected chi connectivity index (χ0v) is 23.5. The predicted octanol–water partition coefficient (Wildman–Crippen LogP) is 2.83. The van der Waals surface area contributed by atoms with Crippen LogP contribution in [0.4, 0.5) is 5.69 Å². The summed E-state index contributed by atoms with van der Waals surface area (Å²) in [6, 6.07) is 10.8. The van der Waals surface area contributed by atoms with Crippen molar-refractivity contribution in [3.05, 3.63) is 58.1 Å². The van der Waals surface area contributed by atoms with Gasteiger partial charge in [0.1, 0.15) is 6.54 Å². The lowest BCUT2D eigenvalue weighted by atomic mass is 10.2. The van der Waals surface area contributed by atoms with Crippen LogP contribution >= 0.6 is 35.0 Å². The number of hydrogen-bond donors (Lipinski definition) is 1. The summed E-state index contributed by atoms with van der Waals surface area (Å²) in [7, 11) is -7.51. The Hall–Kier alpha value is -1.54. The maximum absolute atomic E-state index is 12.8. The normalized spacial score (nSPS) is 15.0. The third-order valence-electron chi connectivity index (χ3n) is 5.24. The van der Waals surface area contributed by atoms with E-state index in [0.717, 1.165) is 16.1 Å². The van der Waals surface area contributed by atoms with Crippen molar-refractivity contribution in [1.29, 1.82) is 0 Å². The maximum atomic E-state index is 12.8. The van der Waals surface area contributed by atoms with Crippen LogP contribution in [0.1, 0.15) is 5.56 Å². The molecule has 0 saturated carbocycles. The van der Waals surface area contributed by atoms with E-state index in [0.29, 0.717) is 41.3 Å². The van der Waals surface area contributed by atoms with Gasteiger partial charge in [-0.2, -0.15) is 16.1 Å². The van der Waals surface area contributed by atoms with Crippen molar-refractivity contribution in [3.63, 3.8) is 0 Å². The predicted molar refractivity (Wildman–Crippen MR) is 144 cm³/mol. The van der Waals surface area contributed by atoms with Crippen LogP contribution in [0, 0.1) is 0 Å². The Bertz CT molecular complexity index is 1270. The monoisotopic (exact) mass is 595 g/mol. The van der Waals surface area contributed by atoms with Gasteiger partial charge in [-0.15, -0.1) is 0 Å². The van der Waals surface area contributed by atoms with Gasteiger partial charge in [0.15, 0.2) is 0 Å². The van der Waals surface area contributed by atoms with E-state index in [1.54, 1.807) is 23.9 Å². The Labute approximate surface area is 226 Å². The fourth-order valence-electron chi connectivity index (χ4n) is 3.39. The number of halogens is 2. The van der Waals surface area contributed by atoms with Gasteiger partial charge in [0.25, 0.3) is 0 Å². The van der Waals surface area contributed by atoms with Gasteiger partial charge in [0, 0.05) is 31.1 Å². The minimum absolute atomic E-state index is 0.0463. The average Bonchev–Trinajstić information content (AvgIpc) is 2.84. The number of amides is 1. The lowest BCUT2D eigenvalue weighted by Gasteiger charge is -2.26. The first kappa shape index (κ1) is 29.0. The summed E-state index contributed by atoms with van der Waals surface area (Å²) >= 11 is 13.5. The highest BCUT2D eigenvalue weighted by molar-refractivity contribution is 7.98. The SMILES string of the molecule is CS(=O)(=O)N(CC(=O)NCCSCc1ccc(Cl)c(Cl)c1)c1ccc(S(=O)(=O)N2CCOCC2)cc1. The molecule has 1 aliphatic heterocycles. The van der Waals surface area contributed by atoms with Gasteiger partial charge in [-0.25, -0.2) is 16.8 Å². The summed E-state index contributed by atoms with van der Waals surface area (Å²) in [4.78, 5) is 12.5. The van der Waals surface area contributed by atoms with Crippen LogP contribution in [-0.4, -0.2) is 78.4 Å². The molecule has 1 amide bonds. The topological polar surface area (TPSA) is 113 Å². The number of anilines is 1. The Balaban J connectivity index is 1.55. The van der Waals surface area contributed by atoms with Gasteiger partial charge in [-0.05, 0) is 42.0 Å². The van der Waals surface area contributed by atoms with Crippen LogP contribution in [-0.2, 0) is 35.3 Å². The van der Waals surface area contributed by atoms with Crippen LogP contribution < -0.4 is 9.62 Å². The molecule has 198 valence electrons. The fraction of sp³-hybridized carbons (Fsp3) is 0.409. The van der Waals surface area contributed by atoms with Crippen LogP contribution in [0.3, 0.4) is 0 Å². The molecule has 1 fully saturated rings. The van der Waals surface area contributed by atoms with E-state index in [2.05, 4.69) is 5.32 Å². The van der Waals surface area contributed by atoms with Crippen LogP contribution in [0.2, 0.25) is 10.0 Å². The summed E-state index contributed by atoms with van der Waals surface area (Å²) in [5.41, 5.74) is 1.20. The zero-order valence-electron chi connectivity index (χ0n) is 19.5. The zero-order chi connectivity index (χ0) is 26.3. The van der Waals surface area contributed by atoms with Crippen molar-refractivity contribution in [2.45, 2.75) is 10.6 Å². The van der Waals surface area contributed by atoms with Crippen LogP contribution in [0.25, 0.3) is 0 Å². The fourth-order valence-corrected chi connectivity index (χ4v) is 6.78. The number of ether oxygens (including phenoxy) is 1. The highest BCUT2D eigenvalue weighted by Crippen LogP contribution is 2.25. The number of carbonyl (C=O) groups is 1. The van der Waals surface area contributed by atoms with E-state index in [9.17, 15) is 21.6 Å². The van der Waals surface area contributed by atoms with Gasteiger partial charge in [0.2, 0.25) is 26.0 Å². The molecule has 0 spiro atoms. The molecule has 2 aromatic carbocycles. The summed E-state index contributed by atoms with van der Waals surface area (Å²) < 4.78 is 57.8. The molecular weight excluding hydrogens is 569 g/mol. The summed E-state index contributed by atoms with van der Waals surface area (Å²) in [6.45, 7) is 1.08. The van der Waals surface area contributed by atoms with E-state index in [4.69, 9.17) is 27.9 Å². The number of morpholine rings is 1. The van der Waals surface area contributed by atoms with E-state index in [-0.39, 0.29) is 23.7 Å². The number of carbonyl (C=O) groups excluding carboxylic acids is 1. The molecule has 36 heavy (non-hydrogen) atoms. The van der Waals surface area contributed by atoms with Crippen molar-refractivity contribution in [2.24, 2.45) is 0 Å².